The first-order chi connectivity index (χ1) is 7.59. The largest absolute Gasteiger partial charge is 0.466 e. The van der Waals surface area contributed by atoms with E-state index in [1.54, 1.807) is 6.26 Å². The van der Waals surface area contributed by atoms with Crippen LogP contribution in [0.25, 0.3) is 0 Å². The number of nitrogens with two attached hydrogens (primary N) is 1. The predicted molar refractivity (Wildman–Crippen MR) is 71.6 cm³/mol. The van der Waals surface area contributed by atoms with E-state index in [2.05, 4.69) is 31.9 Å². The zero-order valence-electron chi connectivity index (χ0n) is 8.08. The molecule has 0 spiro atoms. The molecule has 0 fully saturated rings. The molecule has 2 N–H and O–H groups in total. The summed E-state index contributed by atoms with van der Waals surface area (Å²) in [6, 6.07) is 7.10. The van der Waals surface area contributed by atoms with Crippen LogP contribution in [0.1, 0.15) is 17.4 Å². The molecule has 0 aliphatic heterocycles. The van der Waals surface area contributed by atoms with E-state index >= 15 is 0 Å². The summed E-state index contributed by atoms with van der Waals surface area (Å²) < 4.78 is 7.03. The fourth-order valence-electron chi connectivity index (χ4n) is 1.38. The van der Waals surface area contributed by atoms with Crippen LogP contribution in [0, 0.1) is 0 Å². The summed E-state index contributed by atoms with van der Waals surface area (Å²) in [7, 11) is 0. The Morgan fingerprint density at radius 3 is 2.50 bits per heavy atom. The number of hydrogen-bond acceptors (Lipinski definition) is 2. The summed E-state index contributed by atoms with van der Waals surface area (Å²) in [5, 5.41) is 0.635. The van der Waals surface area contributed by atoms with E-state index in [0.717, 1.165) is 14.5 Å². The zero-order chi connectivity index (χ0) is 11.7. The van der Waals surface area contributed by atoms with Crippen LogP contribution < -0.4 is 5.73 Å². The van der Waals surface area contributed by atoms with Gasteiger partial charge in [-0.25, -0.2) is 0 Å². The average molecular weight is 365 g/mol. The molecule has 0 radical (unpaired) electrons. The molecule has 5 heteroatoms. The van der Waals surface area contributed by atoms with Crippen molar-refractivity contribution in [3.63, 3.8) is 0 Å². The normalized spacial score (nSPS) is 12.8. The average Bonchev–Trinajstić information content (AvgIpc) is 2.67. The predicted octanol–water partition coefficient (Wildman–Crippen LogP) is 4.51. The van der Waals surface area contributed by atoms with Gasteiger partial charge in [0.1, 0.15) is 5.76 Å². The minimum atomic E-state index is -0.324. The van der Waals surface area contributed by atoms with E-state index in [0.29, 0.717) is 10.8 Å². The van der Waals surface area contributed by atoms with Crippen LogP contribution in [0.3, 0.4) is 0 Å². The lowest BCUT2D eigenvalue weighted by Crippen LogP contribution is -2.11. The molecule has 0 saturated carbocycles. The first kappa shape index (κ1) is 12.2. The van der Waals surface area contributed by atoms with Crippen LogP contribution in [-0.2, 0) is 0 Å². The lowest BCUT2D eigenvalue weighted by atomic mass is 10.1. The Kier molecular flexibility index (Phi) is 3.74. The topological polar surface area (TPSA) is 39.2 Å². The van der Waals surface area contributed by atoms with Crippen LogP contribution in [0.5, 0.6) is 0 Å². The third kappa shape index (κ3) is 2.35. The van der Waals surface area contributed by atoms with Gasteiger partial charge in [0.05, 0.1) is 21.8 Å². The van der Waals surface area contributed by atoms with E-state index in [1.807, 2.05) is 24.3 Å². The Hall–Kier alpha value is -0.290. The van der Waals surface area contributed by atoms with Crippen LogP contribution in [0.4, 0.5) is 0 Å². The van der Waals surface area contributed by atoms with Gasteiger partial charge in [-0.2, -0.15) is 0 Å². The maximum absolute atomic E-state index is 6.08. The summed E-state index contributed by atoms with van der Waals surface area (Å²) in [4.78, 5) is 0. The molecule has 1 heterocycles. The van der Waals surface area contributed by atoms with Gasteiger partial charge in [-0.3, -0.25) is 0 Å². The SMILES string of the molecule is NC(c1ccc(Br)c(Cl)c1)c1occc1Br. The molecule has 1 atom stereocenters. The monoisotopic (exact) mass is 363 g/mol. The van der Waals surface area contributed by atoms with E-state index in [9.17, 15) is 0 Å². The molecule has 0 bridgehead atoms. The highest BCUT2D eigenvalue weighted by molar-refractivity contribution is 9.10. The van der Waals surface area contributed by atoms with E-state index in [1.165, 1.54) is 0 Å². The van der Waals surface area contributed by atoms with Gasteiger partial charge >= 0.3 is 0 Å². The molecule has 0 aliphatic rings. The number of rotatable bonds is 2. The van der Waals surface area contributed by atoms with Gasteiger partial charge in [-0.15, -0.1) is 0 Å². The van der Waals surface area contributed by atoms with Crippen molar-refractivity contribution < 1.29 is 4.42 Å². The maximum Gasteiger partial charge on any atom is 0.139 e. The van der Waals surface area contributed by atoms with Crippen LogP contribution >= 0.6 is 43.5 Å². The fourth-order valence-corrected chi connectivity index (χ4v) is 2.27. The molecular weight excluding hydrogens is 357 g/mol. The van der Waals surface area contributed by atoms with Crippen LogP contribution in [0.2, 0.25) is 5.02 Å². The van der Waals surface area contributed by atoms with Crippen molar-refractivity contribution in [3.8, 4) is 0 Å². The van der Waals surface area contributed by atoms with Crippen molar-refractivity contribution in [1.29, 1.82) is 0 Å². The van der Waals surface area contributed by atoms with Crippen LogP contribution in [-0.4, -0.2) is 0 Å². The first-order valence-electron chi connectivity index (χ1n) is 4.53. The highest BCUT2D eigenvalue weighted by atomic mass is 79.9. The van der Waals surface area contributed by atoms with Gasteiger partial charge in [0.2, 0.25) is 0 Å². The number of halogens is 3. The number of furan rings is 1. The molecule has 0 amide bonds. The molecule has 2 rings (SSSR count). The maximum atomic E-state index is 6.08. The molecule has 0 saturated heterocycles. The minimum absolute atomic E-state index is 0.324. The van der Waals surface area contributed by atoms with Crippen molar-refractivity contribution in [2.75, 3.05) is 0 Å². The Bertz CT molecular complexity index is 512. The lowest BCUT2D eigenvalue weighted by molar-refractivity contribution is 0.487. The summed E-state index contributed by atoms with van der Waals surface area (Å²) in [5.41, 5.74) is 6.99. The highest BCUT2D eigenvalue weighted by Gasteiger charge is 2.16. The molecule has 1 unspecified atom stereocenters. The Balaban J connectivity index is 2.38. The van der Waals surface area contributed by atoms with Gasteiger partial charge in [0, 0.05) is 4.47 Å². The Morgan fingerprint density at radius 2 is 1.94 bits per heavy atom. The second kappa shape index (κ2) is 4.92. The van der Waals surface area contributed by atoms with Crippen molar-refractivity contribution in [3.05, 3.63) is 55.8 Å². The summed E-state index contributed by atoms with van der Waals surface area (Å²) >= 11 is 12.7. The minimum Gasteiger partial charge on any atom is -0.466 e. The standard InChI is InChI=1S/C11H8Br2ClNO/c12-7-2-1-6(5-9(7)14)10(15)11-8(13)3-4-16-11/h1-5,10H,15H2. The zero-order valence-corrected chi connectivity index (χ0v) is 12.0. The third-order valence-corrected chi connectivity index (χ3v) is 4.12. The van der Waals surface area contributed by atoms with Gasteiger partial charge in [0.25, 0.3) is 0 Å². The number of hydrogen-bond donors (Lipinski definition) is 1. The molecule has 16 heavy (non-hydrogen) atoms. The Labute approximate surface area is 115 Å². The van der Waals surface area contributed by atoms with Crippen molar-refractivity contribution in [2.45, 2.75) is 6.04 Å². The van der Waals surface area contributed by atoms with Crippen molar-refractivity contribution >= 4 is 43.5 Å². The first-order valence-corrected chi connectivity index (χ1v) is 6.49. The summed E-state index contributed by atoms with van der Waals surface area (Å²) in [6.45, 7) is 0. The molecule has 0 aliphatic carbocycles. The van der Waals surface area contributed by atoms with Crippen molar-refractivity contribution in [2.24, 2.45) is 5.73 Å². The quantitative estimate of drug-likeness (QED) is 0.851. The molecule has 2 aromatic rings. The summed E-state index contributed by atoms with van der Waals surface area (Å²) in [5.74, 6) is 0.693. The molecule has 84 valence electrons. The third-order valence-electron chi connectivity index (χ3n) is 2.23. The van der Waals surface area contributed by atoms with Gasteiger partial charge in [-0.05, 0) is 55.6 Å². The van der Waals surface area contributed by atoms with Gasteiger partial charge in [-0.1, -0.05) is 17.7 Å². The molecular formula is C11H8Br2ClNO. The second-order valence-corrected chi connectivity index (χ2v) is 5.40. The molecule has 2 nitrogen and oxygen atoms in total. The summed E-state index contributed by atoms with van der Waals surface area (Å²) in [6.07, 6.45) is 1.60. The van der Waals surface area contributed by atoms with Crippen LogP contribution in [0.15, 0.2) is 43.9 Å². The van der Waals surface area contributed by atoms with Crippen molar-refractivity contribution in [1.82, 2.24) is 0 Å². The lowest BCUT2D eigenvalue weighted by Gasteiger charge is -2.10. The van der Waals surface area contributed by atoms with Gasteiger partial charge in [0.15, 0.2) is 0 Å². The van der Waals surface area contributed by atoms with E-state index in [-0.39, 0.29) is 6.04 Å². The van der Waals surface area contributed by atoms with E-state index in [4.69, 9.17) is 21.8 Å². The highest BCUT2D eigenvalue weighted by Crippen LogP contribution is 2.31. The number of benzene rings is 1. The second-order valence-electron chi connectivity index (χ2n) is 3.28. The van der Waals surface area contributed by atoms with Gasteiger partial charge < -0.3 is 10.2 Å². The Morgan fingerprint density at radius 1 is 1.19 bits per heavy atom. The van der Waals surface area contributed by atoms with E-state index < -0.39 is 0 Å². The smallest absolute Gasteiger partial charge is 0.139 e. The molecule has 1 aromatic heterocycles. The fraction of sp³-hybridized carbons (Fsp3) is 0.0909. The molecule has 1 aromatic carbocycles.